The number of rotatable bonds is 11. The SMILES string of the molecule is CCN1CC(=O)N2c3ccc(Nc4nc(-c5cccc(C(=O)N6CCN7c8ccc(Nc9ncc(F)c(-c%10cc(F)c%11nc(C)n(C(C)C)c%11c%10)n9)cc8OCC7C6)c5)c(F)c(-c5cc(F)c6nc(C)n(C(C)C)c6c5)n4)cc3OCC2C1. The van der Waals surface area contributed by atoms with Crippen LogP contribution in [0.3, 0.4) is 0 Å². The van der Waals surface area contributed by atoms with E-state index in [0.29, 0.717) is 96.1 Å². The highest BCUT2D eigenvalue weighted by Gasteiger charge is 2.39. The monoisotopic (exact) mass is 1130 g/mol. The first-order valence-electron chi connectivity index (χ1n) is 27.7. The Morgan fingerprint density at radius 3 is 1.89 bits per heavy atom. The number of hydrogen-bond donors (Lipinski definition) is 2. The van der Waals surface area contributed by atoms with Gasteiger partial charge in [0, 0.05) is 84.0 Å². The quantitative estimate of drug-likeness (QED) is 0.117. The molecule has 0 radical (unpaired) electrons. The van der Waals surface area contributed by atoms with Gasteiger partial charge in [-0.25, -0.2) is 47.5 Å². The average molecular weight is 1130 g/mol. The Morgan fingerprint density at radius 2 is 1.24 bits per heavy atom. The van der Waals surface area contributed by atoms with Crippen molar-refractivity contribution in [3.8, 4) is 45.3 Å². The molecule has 2 N–H and O–H groups in total. The summed E-state index contributed by atoms with van der Waals surface area (Å²) < 4.78 is 80.6. The van der Waals surface area contributed by atoms with Gasteiger partial charge in [-0.1, -0.05) is 19.1 Å². The van der Waals surface area contributed by atoms with Gasteiger partial charge in [-0.15, -0.1) is 0 Å². The molecule has 4 aromatic heterocycles. The summed E-state index contributed by atoms with van der Waals surface area (Å²) in [5.41, 5.74) is 4.53. The van der Waals surface area contributed by atoms with Crippen molar-refractivity contribution in [3.63, 3.8) is 0 Å². The lowest BCUT2D eigenvalue weighted by Crippen LogP contribution is -2.60. The van der Waals surface area contributed by atoms with E-state index in [0.717, 1.165) is 18.4 Å². The number of hydrogen-bond acceptors (Lipinski definition) is 14. The maximum absolute atomic E-state index is 17.4. The van der Waals surface area contributed by atoms with E-state index in [9.17, 15) is 9.59 Å². The smallest absolute Gasteiger partial charge is 0.254 e. The van der Waals surface area contributed by atoms with Crippen molar-refractivity contribution in [1.29, 1.82) is 0 Å². The predicted octanol–water partition coefficient (Wildman–Crippen LogP) is 10.9. The topological polar surface area (TPSA) is 177 Å². The number of fused-ring (bicyclic) bond motifs is 8. The van der Waals surface area contributed by atoms with Crippen LogP contribution in [0.4, 0.5) is 52.2 Å². The second-order valence-electron chi connectivity index (χ2n) is 22.0. The number of aryl methyl sites for hydroxylation is 2. The number of anilines is 6. The van der Waals surface area contributed by atoms with E-state index in [1.165, 1.54) is 12.1 Å². The molecule has 83 heavy (non-hydrogen) atoms. The minimum absolute atomic E-state index is 0.00815. The van der Waals surface area contributed by atoms with Crippen molar-refractivity contribution >= 4 is 68.5 Å². The summed E-state index contributed by atoms with van der Waals surface area (Å²) in [7, 11) is 0. The largest absolute Gasteiger partial charge is 0.489 e. The summed E-state index contributed by atoms with van der Waals surface area (Å²) in [5.74, 6) is -0.643. The van der Waals surface area contributed by atoms with Gasteiger partial charge < -0.3 is 43.9 Å². The number of benzene rings is 5. The van der Waals surface area contributed by atoms with E-state index < -0.39 is 23.3 Å². The van der Waals surface area contributed by atoms with Crippen LogP contribution in [-0.4, -0.2) is 125 Å². The van der Waals surface area contributed by atoms with Crippen LogP contribution in [0.2, 0.25) is 0 Å². The fourth-order valence-corrected chi connectivity index (χ4v) is 12.2. The molecule has 2 atom stereocenters. The third-order valence-corrected chi connectivity index (χ3v) is 16.0. The lowest BCUT2D eigenvalue weighted by molar-refractivity contribution is -0.122. The molecule has 22 heteroatoms. The molecule has 0 spiro atoms. The molecule has 4 aliphatic heterocycles. The molecule has 424 valence electrons. The summed E-state index contributed by atoms with van der Waals surface area (Å²) in [5, 5.41) is 6.37. The van der Waals surface area contributed by atoms with Crippen LogP contribution in [-0.2, 0) is 4.79 Å². The number of likely N-dealkylation sites (N-methyl/N-ethyl adjacent to an activating group) is 1. The summed E-state index contributed by atoms with van der Waals surface area (Å²) in [6.07, 6.45) is 1.05. The summed E-state index contributed by atoms with van der Waals surface area (Å²) in [4.78, 5) is 62.6. The van der Waals surface area contributed by atoms with Gasteiger partial charge in [-0.3, -0.25) is 14.5 Å². The molecule has 18 nitrogen and oxygen atoms in total. The Labute approximate surface area is 474 Å². The Balaban J connectivity index is 0.754. The van der Waals surface area contributed by atoms with E-state index in [1.54, 1.807) is 84.3 Å². The van der Waals surface area contributed by atoms with Crippen LogP contribution in [0.1, 0.15) is 68.7 Å². The molecule has 2 fully saturated rings. The molecule has 2 saturated heterocycles. The zero-order valence-electron chi connectivity index (χ0n) is 46.6. The lowest BCUT2D eigenvalue weighted by atomic mass is 10.0. The lowest BCUT2D eigenvalue weighted by Gasteiger charge is -2.45. The molecule has 5 aromatic carbocycles. The first-order chi connectivity index (χ1) is 40.0. The van der Waals surface area contributed by atoms with Crippen LogP contribution < -0.4 is 29.9 Å². The summed E-state index contributed by atoms with van der Waals surface area (Å²) >= 11 is 0. The normalized spacial score (nSPS) is 16.9. The Hall–Kier alpha value is -9.18. The van der Waals surface area contributed by atoms with Crippen molar-refractivity contribution in [2.24, 2.45) is 0 Å². The zero-order chi connectivity index (χ0) is 57.7. The summed E-state index contributed by atoms with van der Waals surface area (Å²) in [6, 6.07) is 22.9. The number of halogens is 4. The van der Waals surface area contributed by atoms with Crippen LogP contribution in [0.25, 0.3) is 55.8 Å². The number of amides is 2. The first kappa shape index (κ1) is 53.1. The maximum atomic E-state index is 17.4. The van der Waals surface area contributed by atoms with Gasteiger partial charge in [0.05, 0.1) is 47.2 Å². The number of ether oxygens (including phenoxy) is 2. The molecule has 0 aliphatic carbocycles. The third-order valence-electron chi connectivity index (χ3n) is 16.0. The number of piperazine rings is 2. The van der Waals surface area contributed by atoms with Gasteiger partial charge in [0.15, 0.2) is 23.3 Å². The van der Waals surface area contributed by atoms with Crippen molar-refractivity contribution in [2.45, 2.75) is 72.6 Å². The average Bonchev–Trinajstić information content (AvgIpc) is 3.46. The standard InChI is InChI=1S/C61H58F4N14O4/c1-8-74-26-42-30-83-51-24-40(13-15-47(51)79(42)52(80)28-74)70-61-72-55(53(65)56(73-61)38-20-44(63)58-49(22-38)78(32(4)5)34(7)68-58)35-10-9-11-36(18-35)59(81)75-16-17-76-41(27-75)29-82-50-23-39(12-14-46(50)76)69-60-66-25-45(64)54(71-60)37-19-43(62)57-48(21-37)77(31(2)3)33(6)67-57/h9-15,18-25,31-32,41-42H,8,16-17,26-30H2,1-7H3,(H,66,69,71)(H,70,72,73). The third kappa shape index (κ3) is 9.43. The highest BCUT2D eigenvalue weighted by atomic mass is 19.1. The Bertz CT molecular complexity index is 4130. The fraction of sp³-hybridized carbons (Fsp3) is 0.311. The van der Waals surface area contributed by atoms with E-state index in [-0.39, 0.29) is 99.3 Å². The molecule has 9 aromatic rings. The number of aromatic nitrogens is 8. The second kappa shape index (κ2) is 20.7. The number of nitrogens with one attached hydrogen (secondary N) is 2. The van der Waals surface area contributed by atoms with Gasteiger partial charge in [0.2, 0.25) is 17.8 Å². The summed E-state index contributed by atoms with van der Waals surface area (Å²) in [6.45, 7) is 17.0. The number of carbonyl (C=O) groups excluding carboxylic acids is 2. The van der Waals surface area contributed by atoms with Crippen molar-refractivity contribution in [2.75, 3.05) is 72.9 Å². The second-order valence-corrected chi connectivity index (χ2v) is 22.0. The van der Waals surface area contributed by atoms with Crippen LogP contribution in [0.5, 0.6) is 11.5 Å². The molecule has 4 aliphatic rings. The highest BCUT2D eigenvalue weighted by Crippen LogP contribution is 2.42. The van der Waals surface area contributed by atoms with Crippen molar-refractivity contribution in [1.82, 2.24) is 48.8 Å². The molecule has 0 saturated carbocycles. The molecule has 2 unspecified atom stereocenters. The molecular formula is C61H58F4N14O4. The van der Waals surface area contributed by atoms with Gasteiger partial charge in [0.1, 0.15) is 64.5 Å². The number of imidazole rings is 2. The predicted molar refractivity (Wildman–Crippen MR) is 308 cm³/mol. The fourth-order valence-electron chi connectivity index (χ4n) is 12.2. The van der Waals surface area contributed by atoms with E-state index in [4.69, 9.17) is 14.5 Å². The van der Waals surface area contributed by atoms with E-state index >= 15 is 17.6 Å². The number of carbonyl (C=O) groups is 2. The van der Waals surface area contributed by atoms with Crippen molar-refractivity contribution < 1.29 is 36.6 Å². The zero-order valence-corrected chi connectivity index (χ0v) is 46.6. The van der Waals surface area contributed by atoms with E-state index in [2.05, 4.69) is 45.4 Å². The Kier molecular flexibility index (Phi) is 13.2. The van der Waals surface area contributed by atoms with E-state index in [1.807, 2.05) is 55.9 Å². The molecule has 0 bridgehead atoms. The van der Waals surface area contributed by atoms with Gasteiger partial charge in [-0.05, 0) is 109 Å². The van der Waals surface area contributed by atoms with Crippen molar-refractivity contribution in [3.05, 3.63) is 132 Å². The van der Waals surface area contributed by atoms with Gasteiger partial charge in [0.25, 0.3) is 5.91 Å². The van der Waals surface area contributed by atoms with Gasteiger partial charge >= 0.3 is 0 Å². The first-order valence-corrected chi connectivity index (χ1v) is 27.7. The maximum Gasteiger partial charge on any atom is 0.254 e. The Morgan fingerprint density at radius 1 is 0.651 bits per heavy atom. The molecule has 13 rings (SSSR count). The molecular weight excluding hydrogens is 1070 g/mol. The minimum Gasteiger partial charge on any atom is -0.489 e. The van der Waals surface area contributed by atoms with Gasteiger partial charge in [-0.2, -0.15) is 0 Å². The highest BCUT2D eigenvalue weighted by molar-refractivity contribution is 5.99. The molecule has 2 amide bonds. The minimum atomic E-state index is -0.827. The van der Waals surface area contributed by atoms with Crippen LogP contribution in [0.15, 0.2) is 91.1 Å². The van der Waals surface area contributed by atoms with Crippen LogP contribution >= 0.6 is 0 Å². The number of nitrogens with zero attached hydrogens (tertiary/aromatic N) is 12. The van der Waals surface area contributed by atoms with Crippen LogP contribution in [0, 0.1) is 37.1 Å². The molecule has 8 heterocycles.